The Bertz CT molecular complexity index is 245. The summed E-state index contributed by atoms with van der Waals surface area (Å²) in [7, 11) is -3.73. The minimum absolute atomic E-state index is 0.215. The maximum Gasteiger partial charge on any atom is 0.281 e. The van der Waals surface area contributed by atoms with Crippen LogP contribution in [0.4, 0.5) is 0 Å². The Morgan fingerprint density at radius 1 is 1.45 bits per heavy atom. The Morgan fingerprint density at radius 2 is 1.82 bits per heavy atom. The molecule has 0 spiro atoms. The lowest BCUT2D eigenvalue weighted by Gasteiger charge is -2.14. The van der Waals surface area contributed by atoms with E-state index >= 15 is 0 Å². The highest BCUT2D eigenvalue weighted by molar-refractivity contribution is 7.88. The van der Waals surface area contributed by atoms with Crippen molar-refractivity contribution in [3.63, 3.8) is 0 Å². The number of rotatable bonds is 3. The van der Waals surface area contributed by atoms with Gasteiger partial charge in [-0.25, -0.2) is 18.5 Å². The Morgan fingerprint density at radius 3 is 1.82 bits per heavy atom. The number of sulfonamides is 1. The van der Waals surface area contributed by atoms with Gasteiger partial charge < -0.3 is 0 Å². The first-order valence-electron chi connectivity index (χ1n) is 2.90. The average Bonchev–Trinajstić information content (AvgIpc) is 1.54. The molecule has 6 nitrogen and oxygen atoms in total. The molecular formula is C4H10N2O4S. The van der Waals surface area contributed by atoms with Crippen LogP contribution in [0.5, 0.6) is 0 Å². The molecule has 0 saturated carbocycles. The van der Waals surface area contributed by atoms with Crippen molar-refractivity contribution >= 4 is 10.0 Å². The zero-order chi connectivity index (χ0) is 9.23. The van der Waals surface area contributed by atoms with Gasteiger partial charge in [-0.05, 0) is 18.3 Å². The first kappa shape index (κ1) is 10.2. The van der Waals surface area contributed by atoms with Crippen LogP contribution in [-0.2, 0) is 10.0 Å². The summed E-state index contributed by atoms with van der Waals surface area (Å²) in [6.45, 7) is 2.87. The van der Waals surface area contributed by atoms with Crippen molar-refractivity contribution in [3.05, 3.63) is 10.1 Å². The molecule has 0 heterocycles. The van der Waals surface area contributed by atoms with Crippen molar-refractivity contribution in [2.75, 3.05) is 6.26 Å². The van der Waals surface area contributed by atoms with Crippen molar-refractivity contribution < 1.29 is 13.5 Å². The highest BCUT2D eigenvalue weighted by Gasteiger charge is 2.29. The molecule has 0 N–H and O–H groups in total. The minimum Gasteiger partial charge on any atom is -0.234 e. The third-order valence-corrected chi connectivity index (χ3v) is 2.18. The Balaban J connectivity index is 4.79. The Kier molecular flexibility index (Phi) is 2.80. The number of hydrogen-bond donors (Lipinski definition) is 0. The van der Waals surface area contributed by atoms with Gasteiger partial charge in [0, 0.05) is 0 Å². The number of hydrogen-bond acceptors (Lipinski definition) is 4. The number of nitrogens with zero attached hydrogens (tertiary/aromatic N) is 2. The van der Waals surface area contributed by atoms with Crippen LogP contribution in [0.2, 0.25) is 0 Å². The van der Waals surface area contributed by atoms with Crippen LogP contribution in [0.25, 0.3) is 0 Å². The van der Waals surface area contributed by atoms with Crippen molar-refractivity contribution in [1.82, 2.24) is 4.41 Å². The van der Waals surface area contributed by atoms with Crippen LogP contribution in [-0.4, -0.2) is 30.2 Å². The van der Waals surface area contributed by atoms with Gasteiger partial charge in [-0.1, -0.05) is 0 Å². The van der Waals surface area contributed by atoms with Crippen LogP contribution in [0.3, 0.4) is 0 Å². The number of hydrazine groups is 1. The molecule has 0 bridgehead atoms. The second-order valence-electron chi connectivity index (χ2n) is 2.37. The van der Waals surface area contributed by atoms with E-state index in [1.807, 2.05) is 0 Å². The molecule has 0 amide bonds. The maximum atomic E-state index is 10.7. The summed E-state index contributed by atoms with van der Waals surface area (Å²) in [5.41, 5.74) is 0. The van der Waals surface area contributed by atoms with E-state index in [0.29, 0.717) is 0 Å². The highest BCUT2D eigenvalue weighted by Crippen LogP contribution is 2.03. The molecule has 11 heavy (non-hydrogen) atoms. The van der Waals surface area contributed by atoms with Crippen LogP contribution >= 0.6 is 0 Å². The van der Waals surface area contributed by atoms with Crippen LogP contribution < -0.4 is 0 Å². The van der Waals surface area contributed by atoms with E-state index < -0.39 is 21.1 Å². The van der Waals surface area contributed by atoms with E-state index in [2.05, 4.69) is 0 Å². The summed E-state index contributed by atoms with van der Waals surface area (Å²) in [6, 6.07) is -0.653. The molecular weight excluding hydrogens is 172 g/mol. The summed E-state index contributed by atoms with van der Waals surface area (Å²) in [5.74, 6) is 0. The quantitative estimate of drug-likeness (QED) is 0.449. The van der Waals surface area contributed by atoms with Gasteiger partial charge in [0.05, 0.1) is 6.26 Å². The van der Waals surface area contributed by atoms with Crippen molar-refractivity contribution in [3.8, 4) is 0 Å². The fourth-order valence-electron chi connectivity index (χ4n) is 0.693. The van der Waals surface area contributed by atoms with E-state index in [0.717, 1.165) is 6.26 Å². The summed E-state index contributed by atoms with van der Waals surface area (Å²) in [5, 5.41) is 9.21. The zero-order valence-electron chi connectivity index (χ0n) is 6.51. The second-order valence-corrected chi connectivity index (χ2v) is 4.21. The van der Waals surface area contributed by atoms with E-state index in [1.54, 1.807) is 0 Å². The first-order chi connectivity index (χ1) is 4.76. The van der Waals surface area contributed by atoms with Gasteiger partial charge in [0.2, 0.25) is 0 Å². The first-order valence-corrected chi connectivity index (χ1v) is 4.75. The van der Waals surface area contributed by atoms with Gasteiger partial charge in [0.25, 0.3) is 10.0 Å². The SMILES string of the molecule is CC(C)N([N+](=O)[O-])S(C)(=O)=O. The average molecular weight is 182 g/mol. The van der Waals surface area contributed by atoms with Gasteiger partial charge >= 0.3 is 0 Å². The summed E-state index contributed by atoms with van der Waals surface area (Å²) in [4.78, 5) is 10.1. The van der Waals surface area contributed by atoms with Crippen molar-refractivity contribution in [2.45, 2.75) is 19.9 Å². The normalized spacial score (nSPS) is 11.6. The molecule has 66 valence electrons. The van der Waals surface area contributed by atoms with Crippen LogP contribution in [0.1, 0.15) is 13.8 Å². The highest BCUT2D eigenvalue weighted by atomic mass is 32.2. The van der Waals surface area contributed by atoms with Gasteiger partial charge in [-0.2, -0.15) is 0 Å². The number of nitro groups is 1. The lowest BCUT2D eigenvalue weighted by molar-refractivity contribution is -0.626. The van der Waals surface area contributed by atoms with E-state index in [4.69, 9.17) is 0 Å². The lowest BCUT2D eigenvalue weighted by Crippen LogP contribution is -2.40. The van der Waals surface area contributed by atoms with Gasteiger partial charge in [0.1, 0.15) is 6.04 Å². The molecule has 0 rings (SSSR count). The fourth-order valence-corrected chi connectivity index (χ4v) is 1.70. The van der Waals surface area contributed by atoms with Crippen molar-refractivity contribution in [1.29, 1.82) is 0 Å². The molecule has 0 unspecified atom stereocenters. The predicted octanol–water partition coefficient (Wildman–Crippen LogP) is -0.152. The smallest absolute Gasteiger partial charge is 0.234 e. The fraction of sp³-hybridized carbons (Fsp3) is 1.00. The largest absolute Gasteiger partial charge is 0.281 e. The molecule has 0 aliphatic rings. The zero-order valence-corrected chi connectivity index (χ0v) is 7.33. The summed E-state index contributed by atoms with van der Waals surface area (Å²) in [6.07, 6.45) is 0.801. The Labute approximate surface area is 65.0 Å². The van der Waals surface area contributed by atoms with E-state index in [1.165, 1.54) is 13.8 Å². The molecule has 0 aliphatic heterocycles. The van der Waals surface area contributed by atoms with Crippen LogP contribution in [0.15, 0.2) is 0 Å². The maximum absolute atomic E-state index is 10.7. The molecule has 0 aromatic carbocycles. The Hall–Kier alpha value is -0.850. The molecule has 0 aliphatic carbocycles. The molecule has 0 radical (unpaired) electrons. The van der Waals surface area contributed by atoms with Gasteiger partial charge in [-0.15, -0.1) is 0 Å². The monoisotopic (exact) mass is 182 g/mol. The third-order valence-electron chi connectivity index (χ3n) is 0.942. The standard InChI is InChI=1S/C4H10N2O4S/c1-4(2)5(6(7)8)11(3,9)10/h4H,1-3H3. The molecule has 0 aromatic rings. The van der Waals surface area contributed by atoms with Crippen LogP contribution in [0, 0.1) is 10.1 Å². The van der Waals surface area contributed by atoms with Gasteiger partial charge in [-0.3, -0.25) is 0 Å². The molecule has 0 atom stereocenters. The minimum atomic E-state index is -3.73. The topological polar surface area (TPSA) is 80.5 Å². The van der Waals surface area contributed by atoms with Crippen molar-refractivity contribution in [2.24, 2.45) is 0 Å². The van der Waals surface area contributed by atoms with E-state index in [9.17, 15) is 18.5 Å². The van der Waals surface area contributed by atoms with Gasteiger partial charge in [0.15, 0.2) is 5.03 Å². The predicted molar refractivity (Wildman–Crippen MR) is 38.8 cm³/mol. The second kappa shape index (κ2) is 3.04. The molecule has 0 fully saturated rings. The molecule has 0 saturated heterocycles. The lowest BCUT2D eigenvalue weighted by atomic mass is 10.4. The molecule has 0 aromatic heterocycles. The summed E-state index contributed by atoms with van der Waals surface area (Å²) >= 11 is 0. The third kappa shape index (κ3) is 2.71. The summed E-state index contributed by atoms with van der Waals surface area (Å²) < 4.78 is 21.6. The molecule has 7 heteroatoms. The van der Waals surface area contributed by atoms with E-state index in [-0.39, 0.29) is 4.41 Å².